The number of carboxylic acid groups (broad SMARTS) is 1. The number of allylic oxidation sites excluding steroid dienone is 2. The molecule has 4 N–H and O–H groups in total. The largest absolute Gasteiger partial charge is 0.489 e. The minimum atomic E-state index is -4.27. The van der Waals surface area contributed by atoms with Gasteiger partial charge in [0.05, 0.1) is 15.7 Å². The molecule has 24 nitrogen and oxygen atoms in total. The van der Waals surface area contributed by atoms with Crippen molar-refractivity contribution >= 4 is 78.5 Å². The average molecular weight is 1930 g/mol. The zero-order valence-electron chi connectivity index (χ0n) is 79.1. The second-order valence-corrected chi connectivity index (χ2v) is 44.4. The Morgan fingerprint density at radius 3 is 1.15 bits per heavy atom. The highest BCUT2D eigenvalue weighted by atomic mass is 79.9. The number of ether oxygens (including phenoxy) is 8. The highest BCUT2D eigenvalue weighted by molar-refractivity contribution is 9.10. The van der Waals surface area contributed by atoms with E-state index in [2.05, 4.69) is 95.3 Å². The SMILES string of the molecule is C.C.C=C(C)B1OC(C)(C)C(C)(C)O1.C=C(C)c1ccc(C)cc1OC1(C(=O)OC(C)(C)C)CC1.Cc1ccc(Br)c(OC2(C(=O)OC(C)(C)C)CC2)c1.Cc1ccc(C2(C)CC2)c(OC2(C(=O)O)CC2)c1.Cc1ccc(C2(C)CC2)c(OC2(C(=O)OC(C)(C)C)CC2)c1.Cc1ccc(C2CC2)c(OC2(C(=O)NS(=O)(=O)c3cccc(F)n3)CC2)c1.NS(=O)(=O)c1cccc(F)n1. The topological polar surface area (TPSA) is 330 Å². The molecule has 1 saturated heterocycles. The van der Waals surface area contributed by atoms with Gasteiger partial charge in [0.1, 0.15) is 45.6 Å². The molecule has 16 rings (SSSR count). The number of primary sulfonamides is 1. The molecule has 8 aliphatic carbocycles. The van der Waals surface area contributed by atoms with Crippen LogP contribution >= 0.6 is 15.9 Å². The second-order valence-electron chi connectivity index (χ2n) is 40.5. The maximum atomic E-state index is 13.2. The van der Waals surface area contributed by atoms with E-state index < -0.39 is 98.7 Å². The number of rotatable bonds is 23. The van der Waals surface area contributed by atoms with Crippen molar-refractivity contribution in [2.24, 2.45) is 5.14 Å². The van der Waals surface area contributed by atoms with Crippen molar-refractivity contribution in [3.05, 3.63) is 212 Å². The van der Waals surface area contributed by atoms with Gasteiger partial charge < -0.3 is 52.3 Å². The van der Waals surface area contributed by atoms with Gasteiger partial charge in [0.25, 0.3) is 26.0 Å². The fourth-order valence-electron chi connectivity index (χ4n) is 13.5. The van der Waals surface area contributed by atoms with E-state index in [1.807, 2.05) is 197 Å². The van der Waals surface area contributed by atoms with E-state index in [0.717, 1.165) is 129 Å². The van der Waals surface area contributed by atoms with Crippen molar-refractivity contribution in [1.29, 1.82) is 0 Å². The van der Waals surface area contributed by atoms with Crippen molar-refractivity contribution in [2.45, 2.75) is 353 Å². The molecule has 0 spiro atoms. The van der Waals surface area contributed by atoms with E-state index in [-0.39, 0.29) is 61.9 Å². The van der Waals surface area contributed by atoms with Crippen LogP contribution in [0.3, 0.4) is 0 Å². The number of nitrogens with zero attached hydrogens (tertiary/aromatic N) is 2. The van der Waals surface area contributed by atoms with Crippen LogP contribution in [0.1, 0.15) is 291 Å². The minimum absolute atomic E-state index is 0. The van der Waals surface area contributed by atoms with Crippen LogP contribution in [0.5, 0.6) is 28.7 Å². The first-order chi connectivity index (χ1) is 60.0. The maximum Gasteiger partial charge on any atom is 0.489 e. The predicted molar refractivity (Wildman–Crippen MR) is 511 cm³/mol. The zero-order valence-corrected chi connectivity index (χ0v) is 82.4. The third-order valence-corrected chi connectivity index (χ3v) is 26.1. The molecule has 132 heavy (non-hydrogen) atoms. The van der Waals surface area contributed by atoms with Crippen LogP contribution in [0.4, 0.5) is 8.78 Å². The molecule has 3 heterocycles. The summed E-state index contributed by atoms with van der Waals surface area (Å²) >= 11 is 3.44. The Hall–Kier alpha value is -9.59. The number of aliphatic carboxylic acids is 1. The number of nitrogens with one attached hydrogen (secondary N) is 1. The van der Waals surface area contributed by atoms with Crippen LogP contribution < -0.4 is 33.5 Å². The van der Waals surface area contributed by atoms with Crippen molar-refractivity contribution in [2.75, 3.05) is 0 Å². The molecule has 8 saturated carbocycles. The number of halogens is 3. The van der Waals surface area contributed by atoms with Gasteiger partial charge >= 0.3 is 31.0 Å². The molecule has 30 heteroatoms. The Labute approximate surface area is 789 Å². The van der Waals surface area contributed by atoms with Crippen LogP contribution in [-0.4, -0.2) is 125 Å². The lowest BCUT2D eigenvalue weighted by Gasteiger charge is -2.32. The van der Waals surface area contributed by atoms with Gasteiger partial charge in [-0.3, -0.25) is 4.79 Å². The molecule has 0 radical (unpaired) electrons. The Morgan fingerprint density at radius 1 is 0.477 bits per heavy atom. The Morgan fingerprint density at radius 2 is 0.811 bits per heavy atom. The smallest absolute Gasteiger partial charge is 0.478 e. The molecule has 7 aromatic rings. The normalized spacial score (nSPS) is 18.6. The number of esters is 3. The van der Waals surface area contributed by atoms with Crippen LogP contribution in [0.2, 0.25) is 0 Å². The molecule has 1 aliphatic heterocycles. The molecular weight excluding hydrogens is 1790 g/mol. The van der Waals surface area contributed by atoms with Gasteiger partial charge in [-0.25, -0.2) is 47.4 Å². The van der Waals surface area contributed by atoms with Crippen molar-refractivity contribution in [3.63, 3.8) is 0 Å². The molecule has 2 aromatic heterocycles. The number of benzene rings is 5. The quantitative estimate of drug-likeness (QED) is 0.0232. The first-order valence-electron chi connectivity index (χ1n) is 44.1. The van der Waals surface area contributed by atoms with Gasteiger partial charge in [-0.15, -0.1) is 6.58 Å². The van der Waals surface area contributed by atoms with E-state index in [1.54, 1.807) is 0 Å². The number of pyridine rings is 2. The summed E-state index contributed by atoms with van der Waals surface area (Å²) in [5.74, 6) is -0.0506. The lowest BCUT2D eigenvalue weighted by Crippen LogP contribution is -2.43. The number of carbonyl (C=O) groups is 5. The summed E-state index contributed by atoms with van der Waals surface area (Å²) in [6.07, 6.45) is 13.2. The number of nitrogens with two attached hydrogens (primary N) is 1. The highest BCUT2D eigenvalue weighted by Crippen LogP contribution is 2.56. The first-order valence-corrected chi connectivity index (χ1v) is 47.9. The average Bonchev–Trinajstić information content (AvgIpc) is 1.60. The Bertz CT molecular complexity index is 5650. The molecule has 0 atom stereocenters. The minimum Gasteiger partial charge on any atom is -0.478 e. The second kappa shape index (κ2) is 40.5. The van der Waals surface area contributed by atoms with Gasteiger partial charge in [-0.2, -0.15) is 17.2 Å². The van der Waals surface area contributed by atoms with Crippen molar-refractivity contribution in [3.8, 4) is 28.7 Å². The van der Waals surface area contributed by atoms with E-state index >= 15 is 0 Å². The van der Waals surface area contributed by atoms with Crippen LogP contribution in [0.25, 0.3) is 5.57 Å². The van der Waals surface area contributed by atoms with E-state index in [4.69, 9.17) is 47.2 Å². The predicted octanol–water partition coefficient (Wildman–Crippen LogP) is 21.8. The van der Waals surface area contributed by atoms with Crippen LogP contribution in [-0.2, 0) is 78.4 Å². The summed E-state index contributed by atoms with van der Waals surface area (Å²) < 4.78 is 132. The number of amides is 1. The van der Waals surface area contributed by atoms with Crippen LogP contribution in [0.15, 0.2) is 161 Å². The summed E-state index contributed by atoms with van der Waals surface area (Å²) in [6.45, 7) is 51.1. The lowest BCUT2D eigenvalue weighted by atomic mass is 9.81. The monoisotopic (exact) mass is 1930 g/mol. The summed E-state index contributed by atoms with van der Waals surface area (Å²) in [5, 5.41) is 12.9. The fraction of sp³-hybridized carbons (Fsp3) is 0.520. The number of carbonyl (C=O) groups excluding carboxylic acids is 4. The molecule has 0 unspecified atom stereocenters. The van der Waals surface area contributed by atoms with Gasteiger partial charge in [-0.05, 0) is 309 Å². The number of hydrogen-bond acceptors (Lipinski definition) is 21. The molecular formula is C102H136BBrF2N4O20S2. The summed E-state index contributed by atoms with van der Waals surface area (Å²) in [7, 11) is -8.39. The number of aryl methyl sites for hydroxylation is 5. The summed E-state index contributed by atoms with van der Waals surface area (Å²) in [5.41, 5.74) is 5.63. The molecule has 5 aromatic carbocycles. The van der Waals surface area contributed by atoms with Crippen molar-refractivity contribution < 1.29 is 102 Å². The van der Waals surface area contributed by atoms with Gasteiger partial charge in [0.15, 0.2) is 15.7 Å². The molecule has 9 fully saturated rings. The van der Waals surface area contributed by atoms with Crippen LogP contribution in [0, 0.1) is 46.5 Å². The maximum absolute atomic E-state index is 13.2. The summed E-state index contributed by atoms with van der Waals surface area (Å²) in [4.78, 5) is 67.3. The number of hydrogen-bond donors (Lipinski definition) is 3. The van der Waals surface area contributed by atoms with E-state index in [1.165, 1.54) is 36.1 Å². The number of sulfonamides is 2. The van der Waals surface area contributed by atoms with Gasteiger partial charge in [-0.1, -0.05) is 107 Å². The standard InChI is InChI=1S/C19H19FN2O4S.C19H26O3.C18H24O3.C15H19BrO3.C15H18O3.C9H17BO2.C5H5FN2O2S.2CH4/c1-12-5-8-14(13-6-7-13)15(11-12)26-19(9-10-19)18(23)22-27(24,25)17-4-2-3-16(20)21-17;1-13-6-7-14(18(5)8-9-18)15(12-13)21-19(10-11-19)16(20)22-17(2,3)4;1-12(2)14-8-7-13(3)11-15(14)20-18(9-10-18)16(19)21-17(4,5)6;1-10-5-6-11(16)12(9-10)18-15(7-8-15)13(17)19-14(2,3)4;1-10-3-4-11(14(2)5-6-14)12(9-10)18-15(7-8-15)13(16)17;1-7(2)10-11-8(3,4)9(5,6)12-10;6-4-2-1-3-5(8-4)11(7,9)10;;/h2-5,8,11,13H,6-7,9-10H2,1H3,(H,22,23);6-7,12H,8-11H2,1-5H3;7-8,11H,1,9-10H2,2-6H3;5-6,9H,7-8H2,1-4H3;3-4,9H,5-8H2,1-2H3,(H,16,17);1H2,2-6H3;1-3H,(H2,7,9,10);2*1H4. The third kappa shape index (κ3) is 29.0. The molecule has 720 valence electrons. The Kier molecular flexibility index (Phi) is 33.1. The zero-order chi connectivity index (χ0) is 96.5. The molecule has 9 aliphatic rings. The number of carboxylic acids is 1. The third-order valence-electron chi connectivity index (χ3n) is 23.4. The van der Waals surface area contributed by atoms with E-state index in [9.17, 15) is 54.7 Å². The van der Waals surface area contributed by atoms with E-state index in [0.29, 0.717) is 74.5 Å². The fourth-order valence-corrected chi connectivity index (χ4v) is 15.3. The first kappa shape index (κ1) is 108. The lowest BCUT2D eigenvalue weighted by molar-refractivity contribution is -0.166. The van der Waals surface area contributed by atoms with Gasteiger partial charge in [0.2, 0.25) is 34.3 Å². The van der Waals surface area contributed by atoms with Gasteiger partial charge in [0, 0.05) is 80.9 Å². The highest BCUT2D eigenvalue weighted by Gasteiger charge is 2.60. The molecule has 1 amide bonds. The van der Waals surface area contributed by atoms with Crippen molar-refractivity contribution in [1.82, 2.24) is 14.7 Å². The summed E-state index contributed by atoms with van der Waals surface area (Å²) in [6, 6.07) is 36.9. The Balaban J connectivity index is 0.000000192. The molecule has 0 bridgehead atoms. The number of aromatic nitrogens is 2.